The van der Waals surface area contributed by atoms with E-state index < -0.39 is 10.2 Å². The molecule has 0 aliphatic carbocycles. The molecule has 0 amide bonds. The average Bonchev–Trinajstić information content (AvgIpc) is 2.16. The van der Waals surface area contributed by atoms with Crippen LogP contribution in [0.5, 0.6) is 0 Å². The third-order valence-corrected chi connectivity index (χ3v) is 2.76. The third-order valence-electron chi connectivity index (χ3n) is 1.85. The maximum absolute atomic E-state index is 11.0. The Morgan fingerprint density at radius 2 is 2.36 bits per heavy atom. The molecule has 0 radical (unpaired) electrons. The monoisotopic (exact) mass is 215 g/mol. The van der Waals surface area contributed by atoms with E-state index in [9.17, 15) is 8.42 Å². The summed E-state index contributed by atoms with van der Waals surface area (Å²) in [7, 11) is -3.70. The topological polar surface area (TPSA) is 85.0 Å². The Bertz CT molecular complexity index is 435. The first kappa shape index (κ1) is 9.22. The molecule has 0 atom stereocenters. The molecule has 2 heterocycles. The van der Waals surface area contributed by atoms with Crippen LogP contribution < -0.4 is 5.14 Å². The molecule has 2 aliphatic rings. The third kappa shape index (κ3) is 1.64. The molecule has 0 bridgehead atoms. The van der Waals surface area contributed by atoms with Gasteiger partial charge in [0.1, 0.15) is 12.3 Å². The summed E-state index contributed by atoms with van der Waals surface area (Å²) in [5.74, 6) is 0.438. The Kier molecular flexibility index (Phi) is 2.05. The molecule has 76 valence electrons. The summed E-state index contributed by atoms with van der Waals surface area (Å²) in [6, 6.07) is 0. The molecule has 2 N–H and O–H groups in total. The lowest BCUT2D eigenvalue weighted by Crippen LogP contribution is -2.35. The number of ether oxygens (including phenoxy) is 1. The highest BCUT2D eigenvalue weighted by Crippen LogP contribution is 2.21. The molecule has 0 saturated carbocycles. The van der Waals surface area contributed by atoms with E-state index in [0.29, 0.717) is 18.1 Å². The van der Waals surface area contributed by atoms with Gasteiger partial charge in [0, 0.05) is 6.21 Å². The van der Waals surface area contributed by atoms with Gasteiger partial charge in [0.25, 0.3) is 10.2 Å². The highest BCUT2D eigenvalue weighted by atomic mass is 32.2. The number of rotatable bonds is 1. The maximum Gasteiger partial charge on any atom is 0.298 e. The maximum atomic E-state index is 11.0. The van der Waals surface area contributed by atoms with Crippen molar-refractivity contribution in [3.05, 3.63) is 23.7 Å². The molecule has 0 spiro atoms. The van der Waals surface area contributed by atoms with Gasteiger partial charge in [-0.25, -0.2) is 5.14 Å². The van der Waals surface area contributed by atoms with E-state index >= 15 is 0 Å². The predicted octanol–water partition coefficient (Wildman–Crippen LogP) is -0.668. The Morgan fingerprint density at radius 3 is 3.07 bits per heavy atom. The summed E-state index contributed by atoms with van der Waals surface area (Å²) < 4.78 is 28.2. The number of hydrogen-bond donors (Lipinski definition) is 1. The highest BCUT2D eigenvalue weighted by molar-refractivity contribution is 7.86. The fourth-order valence-corrected chi connectivity index (χ4v) is 1.72. The van der Waals surface area contributed by atoms with Gasteiger partial charge in [-0.15, -0.1) is 0 Å². The Morgan fingerprint density at radius 1 is 1.57 bits per heavy atom. The minimum absolute atomic E-state index is 0.193. The fourth-order valence-electron chi connectivity index (χ4n) is 1.19. The van der Waals surface area contributed by atoms with E-state index in [0.717, 1.165) is 4.31 Å². The Hall–Kier alpha value is -1.34. The molecule has 6 nitrogen and oxygen atoms in total. The molecule has 0 saturated heterocycles. The zero-order chi connectivity index (χ0) is 10.2. The van der Waals surface area contributed by atoms with Crippen LogP contribution in [0.25, 0.3) is 0 Å². The van der Waals surface area contributed by atoms with Gasteiger partial charge in [-0.2, -0.15) is 8.42 Å². The second-order valence-electron chi connectivity index (χ2n) is 2.82. The predicted molar refractivity (Wildman–Crippen MR) is 50.4 cm³/mol. The van der Waals surface area contributed by atoms with Gasteiger partial charge >= 0.3 is 0 Å². The SMILES string of the molecule is NS(=O)(=O)N1C=C2OCC=NC2=CC1. The van der Waals surface area contributed by atoms with Gasteiger partial charge in [0.15, 0.2) is 5.76 Å². The minimum atomic E-state index is -3.70. The molecule has 7 heteroatoms. The van der Waals surface area contributed by atoms with Crippen LogP contribution in [0.2, 0.25) is 0 Å². The van der Waals surface area contributed by atoms with Crippen molar-refractivity contribution in [3.63, 3.8) is 0 Å². The van der Waals surface area contributed by atoms with E-state index in [2.05, 4.69) is 4.99 Å². The van der Waals surface area contributed by atoms with Gasteiger partial charge in [-0.3, -0.25) is 9.30 Å². The van der Waals surface area contributed by atoms with Crippen molar-refractivity contribution in [2.75, 3.05) is 13.2 Å². The molecule has 14 heavy (non-hydrogen) atoms. The van der Waals surface area contributed by atoms with E-state index in [1.54, 1.807) is 12.3 Å². The Labute approximate surface area is 81.5 Å². The fraction of sp³-hybridized carbons (Fsp3) is 0.286. The first-order valence-electron chi connectivity index (χ1n) is 3.94. The first-order valence-corrected chi connectivity index (χ1v) is 5.45. The van der Waals surface area contributed by atoms with E-state index in [4.69, 9.17) is 9.88 Å². The normalized spacial score (nSPS) is 20.8. The van der Waals surface area contributed by atoms with Crippen LogP contribution in [-0.2, 0) is 14.9 Å². The molecule has 0 aromatic heterocycles. The summed E-state index contributed by atoms with van der Waals surface area (Å²) in [6.07, 6.45) is 4.62. The van der Waals surface area contributed by atoms with Crippen LogP contribution >= 0.6 is 0 Å². The van der Waals surface area contributed by atoms with Crippen LogP contribution in [0, 0.1) is 0 Å². The smallest absolute Gasteiger partial charge is 0.298 e. The summed E-state index contributed by atoms with van der Waals surface area (Å²) in [4.78, 5) is 4.05. The lowest BCUT2D eigenvalue weighted by Gasteiger charge is -2.24. The van der Waals surface area contributed by atoms with E-state index in [-0.39, 0.29) is 6.54 Å². The lowest BCUT2D eigenvalue weighted by atomic mass is 10.3. The molecule has 2 aliphatic heterocycles. The first-order chi connectivity index (χ1) is 6.57. The van der Waals surface area contributed by atoms with Crippen LogP contribution in [0.3, 0.4) is 0 Å². The van der Waals surface area contributed by atoms with Crippen molar-refractivity contribution < 1.29 is 13.2 Å². The average molecular weight is 215 g/mol. The minimum Gasteiger partial charge on any atom is -0.484 e. The highest BCUT2D eigenvalue weighted by Gasteiger charge is 2.21. The van der Waals surface area contributed by atoms with Gasteiger partial charge in [0.2, 0.25) is 0 Å². The summed E-state index contributed by atoms with van der Waals surface area (Å²) in [5.41, 5.74) is 0.649. The van der Waals surface area contributed by atoms with Gasteiger partial charge < -0.3 is 4.74 Å². The van der Waals surface area contributed by atoms with E-state index in [1.807, 2.05) is 0 Å². The van der Waals surface area contributed by atoms with Gasteiger partial charge in [-0.1, -0.05) is 0 Å². The summed E-state index contributed by atoms with van der Waals surface area (Å²) in [6.45, 7) is 0.542. The van der Waals surface area contributed by atoms with Crippen molar-refractivity contribution in [1.82, 2.24) is 4.31 Å². The van der Waals surface area contributed by atoms with Crippen LogP contribution in [-0.4, -0.2) is 32.1 Å². The number of aliphatic imine (C=N–C) groups is 1. The van der Waals surface area contributed by atoms with Crippen molar-refractivity contribution in [2.45, 2.75) is 0 Å². The van der Waals surface area contributed by atoms with Crippen molar-refractivity contribution in [3.8, 4) is 0 Å². The van der Waals surface area contributed by atoms with Crippen molar-refractivity contribution in [1.29, 1.82) is 0 Å². The second-order valence-corrected chi connectivity index (χ2v) is 4.32. The molecule has 0 aromatic carbocycles. The molecule has 0 fully saturated rings. The molecule has 2 rings (SSSR count). The Balaban J connectivity index is 2.32. The van der Waals surface area contributed by atoms with Gasteiger partial charge in [-0.05, 0) is 6.08 Å². The molecular weight excluding hydrogens is 206 g/mol. The quantitative estimate of drug-likeness (QED) is 0.629. The van der Waals surface area contributed by atoms with Gasteiger partial charge in [0.05, 0.1) is 12.7 Å². The largest absolute Gasteiger partial charge is 0.484 e. The molecule has 0 unspecified atom stereocenters. The number of hydrogen-bond acceptors (Lipinski definition) is 4. The second kappa shape index (κ2) is 3.10. The van der Waals surface area contributed by atoms with E-state index in [1.165, 1.54) is 6.20 Å². The van der Waals surface area contributed by atoms with Crippen molar-refractivity contribution >= 4 is 16.4 Å². The van der Waals surface area contributed by atoms with Crippen LogP contribution in [0.4, 0.5) is 0 Å². The zero-order valence-electron chi connectivity index (χ0n) is 7.25. The number of nitrogens with two attached hydrogens (primary N) is 1. The van der Waals surface area contributed by atoms with Crippen LogP contribution in [0.1, 0.15) is 0 Å². The molecule has 0 aromatic rings. The number of fused-ring (bicyclic) bond motifs is 1. The summed E-state index contributed by atoms with van der Waals surface area (Å²) >= 11 is 0. The standard InChI is InChI=1S/C7H9N3O3S/c8-14(11,12)10-3-1-6-7(5-10)13-4-2-9-6/h1-2,5H,3-4H2,(H2,8,11,12). The van der Waals surface area contributed by atoms with Crippen molar-refractivity contribution in [2.24, 2.45) is 10.1 Å². The summed E-state index contributed by atoms with van der Waals surface area (Å²) in [5, 5.41) is 4.96. The van der Waals surface area contributed by atoms with Crippen LogP contribution in [0.15, 0.2) is 28.7 Å². The number of nitrogens with zero attached hydrogens (tertiary/aromatic N) is 2. The lowest BCUT2D eigenvalue weighted by molar-refractivity contribution is 0.254. The zero-order valence-corrected chi connectivity index (χ0v) is 8.07. The molecular formula is C7H9N3O3S.